The molecule has 5 nitrogen and oxygen atoms in total. The topological polar surface area (TPSA) is 70.2 Å². The lowest BCUT2D eigenvalue weighted by Crippen LogP contribution is -2.39. The lowest BCUT2D eigenvalue weighted by molar-refractivity contribution is -0.123. The lowest BCUT2D eigenvalue weighted by Gasteiger charge is -2.13. The number of carbonyl (C=O) groups is 2. The summed E-state index contributed by atoms with van der Waals surface area (Å²) in [5.74, 6) is 0.391. The number of halogens is 1. The molecule has 1 fully saturated rings. The van der Waals surface area contributed by atoms with E-state index < -0.39 is 0 Å². The van der Waals surface area contributed by atoms with Gasteiger partial charge in [0, 0.05) is 5.69 Å². The van der Waals surface area contributed by atoms with E-state index in [0.717, 1.165) is 29.3 Å². The summed E-state index contributed by atoms with van der Waals surface area (Å²) >= 11 is 0. The minimum atomic E-state index is -0.203. The Hall–Kier alpha value is -1.59. The van der Waals surface area contributed by atoms with Gasteiger partial charge in [-0.2, -0.15) is 0 Å². The average Bonchev–Trinajstić information content (AvgIpc) is 3.24. The van der Waals surface area contributed by atoms with E-state index in [1.54, 1.807) is 0 Å². The van der Waals surface area contributed by atoms with E-state index in [1.807, 2.05) is 32.9 Å². The van der Waals surface area contributed by atoms with Crippen LogP contribution in [0, 0.1) is 26.7 Å². The first kappa shape index (κ1) is 19.5. The van der Waals surface area contributed by atoms with Crippen molar-refractivity contribution in [2.24, 2.45) is 5.92 Å². The molecule has 0 unspecified atom stereocenters. The van der Waals surface area contributed by atoms with Gasteiger partial charge in [0.15, 0.2) is 0 Å². The van der Waals surface area contributed by atoms with Gasteiger partial charge in [0.2, 0.25) is 11.8 Å². The summed E-state index contributed by atoms with van der Waals surface area (Å²) in [5.41, 5.74) is 4.06. The lowest BCUT2D eigenvalue weighted by atomic mass is 10.1. The summed E-state index contributed by atoms with van der Waals surface area (Å²) in [6.07, 6.45) is 2.51. The average molecular weight is 340 g/mol. The van der Waals surface area contributed by atoms with Crippen molar-refractivity contribution in [2.45, 2.75) is 33.6 Å². The quantitative estimate of drug-likeness (QED) is 0.712. The van der Waals surface area contributed by atoms with E-state index in [9.17, 15) is 9.59 Å². The summed E-state index contributed by atoms with van der Waals surface area (Å²) in [6.45, 7) is 7.12. The van der Waals surface area contributed by atoms with E-state index >= 15 is 0 Å². The Morgan fingerprint density at radius 2 is 1.65 bits per heavy atom. The molecule has 6 heteroatoms. The van der Waals surface area contributed by atoms with Crippen LogP contribution in [-0.4, -0.2) is 31.4 Å². The molecule has 2 amide bonds. The zero-order valence-electron chi connectivity index (χ0n) is 14.0. The highest BCUT2D eigenvalue weighted by Crippen LogP contribution is 2.27. The molecule has 1 aromatic carbocycles. The Morgan fingerprint density at radius 3 is 2.22 bits per heavy atom. The number of anilines is 1. The van der Waals surface area contributed by atoms with Crippen molar-refractivity contribution in [3.05, 3.63) is 28.8 Å². The zero-order valence-corrected chi connectivity index (χ0v) is 14.8. The van der Waals surface area contributed by atoms with Gasteiger partial charge >= 0.3 is 0 Å². The number of nitrogens with one attached hydrogen (secondary N) is 3. The number of carbonyl (C=O) groups excluding carboxylic acids is 2. The van der Waals surface area contributed by atoms with Crippen molar-refractivity contribution in [2.75, 3.05) is 25.0 Å². The Bertz CT molecular complexity index is 548. The van der Waals surface area contributed by atoms with Crippen LogP contribution in [0.25, 0.3) is 0 Å². The van der Waals surface area contributed by atoms with E-state index in [0.29, 0.717) is 0 Å². The molecule has 23 heavy (non-hydrogen) atoms. The van der Waals surface area contributed by atoms with Crippen molar-refractivity contribution in [3.8, 4) is 0 Å². The highest BCUT2D eigenvalue weighted by atomic mass is 35.5. The van der Waals surface area contributed by atoms with Gasteiger partial charge in [-0.3, -0.25) is 9.59 Å². The maximum atomic E-state index is 12.0. The fourth-order valence-corrected chi connectivity index (χ4v) is 2.51. The summed E-state index contributed by atoms with van der Waals surface area (Å²) in [7, 11) is 0. The molecule has 0 spiro atoms. The molecular weight excluding hydrogens is 314 g/mol. The number of aryl methyl sites for hydroxylation is 3. The second kappa shape index (κ2) is 8.89. The number of benzene rings is 1. The van der Waals surface area contributed by atoms with Gasteiger partial charge in [0.25, 0.3) is 0 Å². The Balaban J connectivity index is 0.00000264. The SMILES string of the molecule is Cc1cc(C)c(NC(=O)CNC(=O)CNCC2CC2)c(C)c1.Cl. The molecule has 1 aliphatic carbocycles. The first-order valence-electron chi connectivity index (χ1n) is 7.81. The molecule has 2 rings (SSSR count). The van der Waals surface area contributed by atoms with Crippen molar-refractivity contribution >= 4 is 29.9 Å². The highest BCUT2D eigenvalue weighted by molar-refractivity contribution is 5.96. The van der Waals surface area contributed by atoms with Crippen LogP contribution >= 0.6 is 12.4 Å². The van der Waals surface area contributed by atoms with Crippen LogP contribution in [0.15, 0.2) is 12.1 Å². The summed E-state index contributed by atoms with van der Waals surface area (Å²) in [4.78, 5) is 23.6. The van der Waals surface area contributed by atoms with Crippen LogP contribution in [0.5, 0.6) is 0 Å². The van der Waals surface area contributed by atoms with Crippen LogP contribution in [0.2, 0.25) is 0 Å². The number of rotatable bonds is 7. The molecule has 1 aromatic rings. The summed E-state index contributed by atoms with van der Waals surface area (Å²) in [5, 5.41) is 8.61. The molecule has 0 heterocycles. The molecule has 128 valence electrons. The van der Waals surface area contributed by atoms with Gasteiger partial charge in [-0.05, 0) is 57.2 Å². The highest BCUT2D eigenvalue weighted by Gasteiger charge is 2.20. The summed E-state index contributed by atoms with van der Waals surface area (Å²) < 4.78 is 0. The fourth-order valence-electron chi connectivity index (χ4n) is 2.51. The van der Waals surface area contributed by atoms with Crippen molar-refractivity contribution in [3.63, 3.8) is 0 Å². The number of hydrogen-bond donors (Lipinski definition) is 3. The van der Waals surface area contributed by atoms with Crippen LogP contribution in [-0.2, 0) is 9.59 Å². The monoisotopic (exact) mass is 339 g/mol. The first-order valence-corrected chi connectivity index (χ1v) is 7.81. The maximum absolute atomic E-state index is 12.0. The first-order chi connectivity index (χ1) is 10.5. The van der Waals surface area contributed by atoms with Crippen molar-refractivity contribution in [1.29, 1.82) is 0 Å². The second-order valence-corrected chi connectivity index (χ2v) is 6.17. The Morgan fingerprint density at radius 1 is 1.04 bits per heavy atom. The van der Waals surface area contributed by atoms with Crippen molar-refractivity contribution in [1.82, 2.24) is 10.6 Å². The predicted molar refractivity (Wildman–Crippen MR) is 95.1 cm³/mol. The second-order valence-electron chi connectivity index (χ2n) is 6.17. The molecular formula is C17H26ClN3O2. The molecule has 1 saturated carbocycles. The summed E-state index contributed by atoms with van der Waals surface area (Å²) in [6, 6.07) is 4.06. The molecule has 0 bridgehead atoms. The van der Waals surface area contributed by atoms with Crippen molar-refractivity contribution < 1.29 is 9.59 Å². The molecule has 0 atom stereocenters. The molecule has 0 saturated heterocycles. The van der Waals surface area contributed by atoms with Gasteiger partial charge in [0.05, 0.1) is 13.1 Å². The normalized spacial score (nSPS) is 13.2. The van der Waals surface area contributed by atoms with Gasteiger partial charge in [-0.15, -0.1) is 12.4 Å². The molecule has 0 radical (unpaired) electrons. The minimum absolute atomic E-state index is 0. The molecule has 0 aliphatic heterocycles. The maximum Gasteiger partial charge on any atom is 0.243 e. The Labute approximate surface area is 144 Å². The van der Waals surface area contributed by atoms with Crippen LogP contribution in [0.3, 0.4) is 0 Å². The molecule has 3 N–H and O–H groups in total. The van der Waals surface area contributed by atoms with E-state index in [4.69, 9.17) is 0 Å². The van der Waals surface area contributed by atoms with Crippen LogP contribution in [0.4, 0.5) is 5.69 Å². The van der Waals surface area contributed by atoms with Gasteiger partial charge in [-0.25, -0.2) is 0 Å². The predicted octanol–water partition coefficient (Wildman–Crippen LogP) is 2.09. The third-order valence-corrected chi connectivity index (χ3v) is 3.80. The van der Waals surface area contributed by atoms with Gasteiger partial charge < -0.3 is 16.0 Å². The molecule has 1 aliphatic rings. The van der Waals surface area contributed by atoms with E-state index in [1.165, 1.54) is 18.4 Å². The third kappa shape index (κ3) is 6.59. The van der Waals surface area contributed by atoms with E-state index in [2.05, 4.69) is 16.0 Å². The van der Waals surface area contributed by atoms with Crippen LogP contribution < -0.4 is 16.0 Å². The standard InChI is InChI=1S/C17H25N3O2.ClH/c1-11-6-12(2)17(13(3)7-11)20-16(22)10-19-15(21)9-18-8-14-4-5-14;/h6-7,14,18H,4-5,8-10H2,1-3H3,(H,19,21)(H,20,22);1H. The largest absolute Gasteiger partial charge is 0.346 e. The smallest absolute Gasteiger partial charge is 0.243 e. The minimum Gasteiger partial charge on any atom is -0.346 e. The van der Waals surface area contributed by atoms with E-state index in [-0.39, 0.29) is 37.3 Å². The zero-order chi connectivity index (χ0) is 16.1. The number of hydrogen-bond acceptors (Lipinski definition) is 3. The van der Waals surface area contributed by atoms with Gasteiger partial charge in [0.1, 0.15) is 0 Å². The van der Waals surface area contributed by atoms with Gasteiger partial charge in [-0.1, -0.05) is 17.7 Å². The van der Waals surface area contributed by atoms with Crippen LogP contribution in [0.1, 0.15) is 29.5 Å². The fraction of sp³-hybridized carbons (Fsp3) is 0.529. The molecule has 0 aromatic heterocycles. The Kier molecular flexibility index (Phi) is 7.52. The third-order valence-electron chi connectivity index (χ3n) is 3.80. The number of amides is 2.